The number of aromatic nitrogens is 2. The first-order chi connectivity index (χ1) is 16.8. The molecule has 0 fully saturated rings. The van der Waals surface area contributed by atoms with E-state index in [0.29, 0.717) is 16.3 Å². The molecule has 0 saturated carbocycles. The number of fused-ring (bicyclic) bond motifs is 1. The number of para-hydroxylation sites is 1. The van der Waals surface area contributed by atoms with E-state index < -0.39 is 17.4 Å². The number of carbonyl (C=O) groups is 3. The third-order valence-corrected chi connectivity index (χ3v) is 6.51. The van der Waals surface area contributed by atoms with Crippen molar-refractivity contribution in [3.05, 3.63) is 82.4 Å². The van der Waals surface area contributed by atoms with Gasteiger partial charge in [0.2, 0.25) is 5.91 Å². The standard InChI is InChI=1S/C25H25ClN4O5/c1-25(24(33)27-12-16-8-5-7-11-19(16)34-2)14-29-15-28-20(23(32)35-3)21(29)22(31)30(25)13-17-9-4-6-10-18(17)26/h4-11,15H,12-14H2,1-3H3,(H,27,33). The van der Waals surface area contributed by atoms with Crippen molar-refractivity contribution >= 4 is 29.4 Å². The maximum absolute atomic E-state index is 13.7. The molecule has 1 atom stereocenters. The molecule has 1 unspecified atom stereocenters. The number of hydrogen-bond donors (Lipinski definition) is 1. The molecule has 1 aromatic heterocycles. The van der Waals surface area contributed by atoms with Gasteiger partial charge >= 0.3 is 5.97 Å². The minimum Gasteiger partial charge on any atom is -0.496 e. The Morgan fingerprint density at radius 2 is 1.80 bits per heavy atom. The van der Waals surface area contributed by atoms with Gasteiger partial charge in [-0.05, 0) is 24.6 Å². The largest absolute Gasteiger partial charge is 0.496 e. The minimum atomic E-state index is -1.31. The quantitative estimate of drug-likeness (QED) is 0.504. The van der Waals surface area contributed by atoms with Gasteiger partial charge in [0.05, 0.1) is 27.1 Å². The van der Waals surface area contributed by atoms with Crippen LogP contribution < -0.4 is 10.1 Å². The Labute approximate surface area is 207 Å². The average Bonchev–Trinajstić information content (AvgIpc) is 3.29. The third-order valence-electron chi connectivity index (χ3n) is 6.15. The normalized spacial score (nSPS) is 17.0. The number of rotatable bonds is 7. The van der Waals surface area contributed by atoms with Crippen LogP contribution in [0.15, 0.2) is 54.9 Å². The number of nitrogens with zero attached hydrogens (tertiary/aromatic N) is 3. The number of halogens is 1. The van der Waals surface area contributed by atoms with Crippen molar-refractivity contribution in [3.8, 4) is 5.75 Å². The van der Waals surface area contributed by atoms with Crippen LogP contribution in [0.1, 0.15) is 39.0 Å². The van der Waals surface area contributed by atoms with E-state index in [4.69, 9.17) is 21.1 Å². The van der Waals surface area contributed by atoms with E-state index in [1.54, 1.807) is 38.3 Å². The lowest BCUT2D eigenvalue weighted by molar-refractivity contribution is -0.133. The first-order valence-corrected chi connectivity index (χ1v) is 11.3. The molecule has 1 aliphatic rings. The molecule has 10 heteroatoms. The molecular formula is C25H25ClN4O5. The zero-order valence-corrected chi connectivity index (χ0v) is 20.3. The lowest BCUT2D eigenvalue weighted by Gasteiger charge is -2.44. The monoisotopic (exact) mass is 496 g/mol. The van der Waals surface area contributed by atoms with E-state index >= 15 is 0 Å². The van der Waals surface area contributed by atoms with E-state index in [1.165, 1.54) is 22.9 Å². The zero-order chi connectivity index (χ0) is 25.2. The van der Waals surface area contributed by atoms with Crippen LogP contribution in [0.25, 0.3) is 0 Å². The van der Waals surface area contributed by atoms with Crippen LogP contribution >= 0.6 is 11.6 Å². The Morgan fingerprint density at radius 1 is 1.11 bits per heavy atom. The highest BCUT2D eigenvalue weighted by Crippen LogP contribution is 2.32. The van der Waals surface area contributed by atoms with Gasteiger partial charge in [-0.2, -0.15) is 0 Å². The summed E-state index contributed by atoms with van der Waals surface area (Å²) in [7, 11) is 2.78. The molecule has 3 aromatic rings. The fourth-order valence-corrected chi connectivity index (χ4v) is 4.39. The van der Waals surface area contributed by atoms with Crippen molar-refractivity contribution in [2.45, 2.75) is 32.1 Å². The van der Waals surface area contributed by atoms with Gasteiger partial charge in [-0.1, -0.05) is 48.0 Å². The van der Waals surface area contributed by atoms with Crippen LogP contribution in [0.5, 0.6) is 5.75 Å². The first kappa shape index (κ1) is 24.3. The number of benzene rings is 2. The van der Waals surface area contributed by atoms with Crippen molar-refractivity contribution in [1.29, 1.82) is 0 Å². The number of carbonyl (C=O) groups excluding carboxylic acids is 3. The maximum Gasteiger partial charge on any atom is 0.359 e. The summed E-state index contributed by atoms with van der Waals surface area (Å²) >= 11 is 6.38. The summed E-state index contributed by atoms with van der Waals surface area (Å²) in [6.07, 6.45) is 1.37. The summed E-state index contributed by atoms with van der Waals surface area (Å²) < 4.78 is 11.7. The fraction of sp³-hybridized carbons (Fsp3) is 0.280. The SMILES string of the molecule is COC(=O)c1ncn2c1C(=O)N(Cc1ccccc1Cl)C(C)(C(=O)NCc1ccccc1OC)C2. The minimum absolute atomic E-state index is 0.0584. The van der Waals surface area contributed by atoms with E-state index in [-0.39, 0.29) is 36.9 Å². The highest BCUT2D eigenvalue weighted by Gasteiger charge is 2.49. The summed E-state index contributed by atoms with van der Waals surface area (Å²) in [5.41, 5.74) is 0.123. The maximum atomic E-state index is 13.7. The second-order valence-corrected chi connectivity index (χ2v) is 8.72. The molecule has 4 rings (SSSR count). The van der Waals surface area contributed by atoms with Gasteiger partial charge in [-0.3, -0.25) is 9.59 Å². The fourth-order valence-electron chi connectivity index (χ4n) is 4.19. The van der Waals surface area contributed by atoms with E-state index in [9.17, 15) is 14.4 Å². The zero-order valence-electron chi connectivity index (χ0n) is 19.6. The number of imidazole rings is 1. The number of ether oxygens (including phenoxy) is 2. The topological polar surface area (TPSA) is 103 Å². The summed E-state index contributed by atoms with van der Waals surface area (Å²) in [5.74, 6) is -0.981. The lowest BCUT2D eigenvalue weighted by atomic mass is 9.93. The number of methoxy groups -OCH3 is 2. The molecule has 182 valence electrons. The molecule has 35 heavy (non-hydrogen) atoms. The molecule has 0 radical (unpaired) electrons. The van der Waals surface area contributed by atoms with Gasteiger partial charge < -0.3 is 24.3 Å². The van der Waals surface area contributed by atoms with E-state index in [2.05, 4.69) is 10.3 Å². The molecule has 0 spiro atoms. The predicted molar refractivity (Wildman–Crippen MR) is 128 cm³/mol. The van der Waals surface area contributed by atoms with Crippen molar-refractivity contribution in [3.63, 3.8) is 0 Å². The molecule has 2 heterocycles. The second-order valence-electron chi connectivity index (χ2n) is 8.31. The predicted octanol–water partition coefficient (Wildman–Crippen LogP) is 3.06. The van der Waals surface area contributed by atoms with Gasteiger partial charge in [0.15, 0.2) is 5.69 Å². The van der Waals surface area contributed by atoms with Gasteiger partial charge in [0.25, 0.3) is 5.91 Å². The molecular weight excluding hydrogens is 472 g/mol. The van der Waals surface area contributed by atoms with Crippen LogP contribution in [0, 0.1) is 0 Å². The lowest BCUT2D eigenvalue weighted by Crippen LogP contribution is -2.63. The van der Waals surface area contributed by atoms with Gasteiger partial charge in [-0.25, -0.2) is 9.78 Å². The third kappa shape index (κ3) is 4.46. The Morgan fingerprint density at radius 3 is 2.49 bits per heavy atom. The van der Waals surface area contributed by atoms with Crippen LogP contribution in [-0.2, 0) is 29.2 Å². The van der Waals surface area contributed by atoms with Gasteiger partial charge in [-0.15, -0.1) is 0 Å². The van der Waals surface area contributed by atoms with Crippen LogP contribution in [0.2, 0.25) is 5.02 Å². The Hall–Kier alpha value is -3.85. The Kier molecular flexibility index (Phi) is 6.79. The summed E-state index contributed by atoms with van der Waals surface area (Å²) in [6, 6.07) is 14.5. The van der Waals surface area contributed by atoms with Crippen molar-refractivity contribution < 1.29 is 23.9 Å². The Bertz CT molecular complexity index is 1290. The number of hydrogen-bond acceptors (Lipinski definition) is 6. The molecule has 9 nitrogen and oxygen atoms in total. The molecule has 2 amide bonds. The van der Waals surface area contributed by atoms with Crippen LogP contribution in [0.3, 0.4) is 0 Å². The van der Waals surface area contributed by atoms with Crippen molar-refractivity contribution in [2.75, 3.05) is 14.2 Å². The Balaban J connectivity index is 1.71. The van der Waals surface area contributed by atoms with E-state index in [0.717, 1.165) is 5.56 Å². The van der Waals surface area contributed by atoms with Gasteiger partial charge in [0, 0.05) is 23.7 Å². The first-order valence-electron chi connectivity index (χ1n) is 10.9. The molecule has 2 aromatic carbocycles. The summed E-state index contributed by atoms with van der Waals surface area (Å²) in [5, 5.41) is 3.40. The van der Waals surface area contributed by atoms with Gasteiger partial charge in [0.1, 0.15) is 17.0 Å². The number of nitrogens with one attached hydrogen (secondary N) is 1. The summed E-state index contributed by atoms with van der Waals surface area (Å²) in [6.45, 7) is 2.03. The van der Waals surface area contributed by atoms with E-state index in [1.807, 2.05) is 24.3 Å². The molecule has 1 N–H and O–H groups in total. The number of esters is 1. The average molecular weight is 497 g/mol. The molecule has 1 aliphatic heterocycles. The summed E-state index contributed by atoms with van der Waals surface area (Å²) in [4.78, 5) is 45.1. The van der Waals surface area contributed by atoms with Crippen LogP contribution in [0.4, 0.5) is 0 Å². The highest BCUT2D eigenvalue weighted by molar-refractivity contribution is 6.31. The van der Waals surface area contributed by atoms with Crippen LogP contribution in [-0.4, -0.2) is 52.0 Å². The van der Waals surface area contributed by atoms with Crippen molar-refractivity contribution in [2.24, 2.45) is 0 Å². The van der Waals surface area contributed by atoms with Crippen molar-refractivity contribution in [1.82, 2.24) is 19.8 Å². The molecule has 0 saturated heterocycles. The molecule has 0 aliphatic carbocycles. The highest BCUT2D eigenvalue weighted by atomic mass is 35.5. The molecule has 0 bridgehead atoms. The smallest absolute Gasteiger partial charge is 0.359 e. The number of amides is 2. The second kappa shape index (κ2) is 9.79.